The largest absolute Gasteiger partial charge is 0.484 e. The molecule has 0 unspecified atom stereocenters. The predicted molar refractivity (Wildman–Crippen MR) is 78.9 cm³/mol. The molecule has 2 rings (SSSR count). The number of nitrogens with one attached hydrogen (secondary N) is 1. The van der Waals surface area contributed by atoms with Gasteiger partial charge in [-0.25, -0.2) is 5.84 Å². The molecule has 0 saturated carbocycles. The number of furan rings is 1. The molecule has 0 aliphatic carbocycles. The number of nitrogens with two attached hydrogens (primary N) is 1. The Hall–Kier alpha value is -1.21. The zero-order valence-corrected chi connectivity index (χ0v) is 13.1. The van der Waals surface area contributed by atoms with Crippen LogP contribution in [0.1, 0.15) is 16.3 Å². The van der Waals surface area contributed by atoms with Gasteiger partial charge in [-0.05, 0) is 34.1 Å². The number of amides is 1. The minimum Gasteiger partial charge on any atom is -0.484 e. The molecule has 1 aromatic carbocycles. The summed E-state index contributed by atoms with van der Waals surface area (Å²) in [6.07, 6.45) is 0. The molecule has 0 atom stereocenters. The Morgan fingerprint density at radius 1 is 1.35 bits per heavy atom. The van der Waals surface area contributed by atoms with Crippen LogP contribution in [0.2, 0.25) is 10.0 Å². The SMILES string of the molecule is NNC(=O)c1ccc(COc2cc(Cl)c(Br)cc2Cl)o1. The van der Waals surface area contributed by atoms with Gasteiger partial charge in [0.1, 0.15) is 18.1 Å². The molecule has 0 aliphatic heterocycles. The van der Waals surface area contributed by atoms with E-state index in [0.29, 0.717) is 26.0 Å². The van der Waals surface area contributed by atoms with Gasteiger partial charge in [0, 0.05) is 10.5 Å². The normalized spacial score (nSPS) is 10.4. The number of ether oxygens (including phenoxy) is 1. The Kier molecular flexibility index (Phi) is 4.93. The second kappa shape index (κ2) is 6.49. The second-order valence-corrected chi connectivity index (χ2v) is 5.39. The maximum atomic E-state index is 11.2. The van der Waals surface area contributed by atoms with Gasteiger partial charge in [0.05, 0.1) is 10.0 Å². The van der Waals surface area contributed by atoms with Crippen LogP contribution in [0, 0.1) is 0 Å². The van der Waals surface area contributed by atoms with E-state index in [0.717, 1.165) is 0 Å². The molecule has 0 spiro atoms. The molecule has 0 bridgehead atoms. The molecule has 106 valence electrons. The van der Waals surface area contributed by atoms with Gasteiger partial charge >= 0.3 is 5.91 Å². The average Bonchev–Trinajstić information content (AvgIpc) is 2.89. The summed E-state index contributed by atoms with van der Waals surface area (Å²) in [4.78, 5) is 11.2. The van der Waals surface area contributed by atoms with Crippen LogP contribution in [0.5, 0.6) is 5.75 Å². The fraction of sp³-hybridized carbons (Fsp3) is 0.0833. The molecule has 8 heteroatoms. The van der Waals surface area contributed by atoms with Crippen molar-refractivity contribution in [3.63, 3.8) is 0 Å². The van der Waals surface area contributed by atoms with Crippen molar-refractivity contribution < 1.29 is 13.9 Å². The van der Waals surface area contributed by atoms with Crippen LogP contribution in [0.25, 0.3) is 0 Å². The number of hydrazine groups is 1. The van der Waals surface area contributed by atoms with E-state index in [4.69, 9.17) is 38.2 Å². The molecular weight excluding hydrogens is 371 g/mol. The first-order chi connectivity index (χ1) is 9.51. The summed E-state index contributed by atoms with van der Waals surface area (Å²) in [6.45, 7) is 0.107. The molecule has 5 nitrogen and oxygen atoms in total. The molecule has 3 N–H and O–H groups in total. The minimum absolute atomic E-state index is 0.103. The number of carbonyl (C=O) groups is 1. The number of hydrogen-bond acceptors (Lipinski definition) is 4. The van der Waals surface area contributed by atoms with Crippen molar-refractivity contribution in [1.82, 2.24) is 5.43 Å². The lowest BCUT2D eigenvalue weighted by atomic mass is 10.3. The summed E-state index contributed by atoms with van der Waals surface area (Å²) in [5, 5.41) is 0.889. The maximum absolute atomic E-state index is 11.2. The van der Waals surface area contributed by atoms with Crippen molar-refractivity contribution in [1.29, 1.82) is 0 Å². The van der Waals surface area contributed by atoms with Crippen LogP contribution in [-0.2, 0) is 6.61 Å². The molecular formula is C12H9BrCl2N2O3. The molecule has 1 aromatic heterocycles. The third-order valence-corrected chi connectivity index (χ3v) is 3.85. The minimum atomic E-state index is -0.513. The van der Waals surface area contributed by atoms with Gasteiger partial charge in [-0.2, -0.15) is 0 Å². The highest BCUT2D eigenvalue weighted by atomic mass is 79.9. The van der Waals surface area contributed by atoms with Crippen LogP contribution in [-0.4, -0.2) is 5.91 Å². The molecule has 0 saturated heterocycles. The summed E-state index contributed by atoms with van der Waals surface area (Å²) < 4.78 is 11.4. The zero-order valence-electron chi connectivity index (χ0n) is 9.95. The summed E-state index contributed by atoms with van der Waals surface area (Å²) in [5.74, 6) is 5.47. The molecule has 0 fully saturated rings. The Balaban J connectivity index is 2.07. The van der Waals surface area contributed by atoms with E-state index >= 15 is 0 Å². The second-order valence-electron chi connectivity index (χ2n) is 3.72. The summed E-state index contributed by atoms with van der Waals surface area (Å²) in [7, 11) is 0. The fourth-order valence-electron chi connectivity index (χ4n) is 1.41. The Morgan fingerprint density at radius 2 is 2.10 bits per heavy atom. The van der Waals surface area contributed by atoms with Crippen LogP contribution in [0.3, 0.4) is 0 Å². The van der Waals surface area contributed by atoms with Crippen molar-refractivity contribution in [3.8, 4) is 5.75 Å². The molecule has 1 amide bonds. The van der Waals surface area contributed by atoms with E-state index in [9.17, 15) is 4.79 Å². The van der Waals surface area contributed by atoms with Gasteiger partial charge in [0.15, 0.2) is 5.76 Å². The smallest absolute Gasteiger partial charge is 0.300 e. The molecule has 0 aliphatic rings. The summed E-state index contributed by atoms with van der Waals surface area (Å²) >= 11 is 15.2. The number of benzene rings is 1. The van der Waals surface area contributed by atoms with E-state index < -0.39 is 5.91 Å². The van der Waals surface area contributed by atoms with Gasteiger partial charge in [-0.3, -0.25) is 10.2 Å². The first-order valence-corrected chi connectivity index (χ1v) is 6.93. The van der Waals surface area contributed by atoms with Crippen molar-refractivity contribution in [3.05, 3.63) is 50.3 Å². The van der Waals surface area contributed by atoms with Crippen LogP contribution in [0.4, 0.5) is 0 Å². The third kappa shape index (κ3) is 3.46. The number of carbonyl (C=O) groups excluding carboxylic acids is 1. The van der Waals surface area contributed by atoms with Crippen molar-refractivity contribution in [2.75, 3.05) is 0 Å². The molecule has 2 aromatic rings. The lowest BCUT2D eigenvalue weighted by Crippen LogP contribution is -2.29. The number of rotatable bonds is 4. The lowest BCUT2D eigenvalue weighted by Gasteiger charge is -2.08. The highest BCUT2D eigenvalue weighted by molar-refractivity contribution is 9.10. The van der Waals surface area contributed by atoms with Gasteiger partial charge in [0.25, 0.3) is 0 Å². The van der Waals surface area contributed by atoms with Gasteiger partial charge in [-0.1, -0.05) is 23.2 Å². The van der Waals surface area contributed by atoms with Gasteiger partial charge in [-0.15, -0.1) is 0 Å². The Morgan fingerprint density at radius 3 is 2.80 bits per heavy atom. The van der Waals surface area contributed by atoms with Crippen molar-refractivity contribution in [2.24, 2.45) is 5.84 Å². The first-order valence-electron chi connectivity index (χ1n) is 5.38. The van der Waals surface area contributed by atoms with E-state index in [1.165, 1.54) is 6.07 Å². The average molecular weight is 380 g/mol. The number of nitrogen functional groups attached to an aromatic ring is 1. The fourth-order valence-corrected chi connectivity index (χ4v) is 2.26. The predicted octanol–water partition coefficient (Wildman–Crippen LogP) is 3.53. The third-order valence-electron chi connectivity index (χ3n) is 2.36. The summed E-state index contributed by atoms with van der Waals surface area (Å²) in [5.41, 5.74) is 1.97. The first kappa shape index (κ1) is 15.2. The highest BCUT2D eigenvalue weighted by Gasteiger charge is 2.11. The van der Waals surface area contributed by atoms with Gasteiger partial charge < -0.3 is 9.15 Å². The highest BCUT2D eigenvalue weighted by Crippen LogP contribution is 2.34. The van der Waals surface area contributed by atoms with E-state index in [1.54, 1.807) is 18.2 Å². The monoisotopic (exact) mass is 378 g/mol. The van der Waals surface area contributed by atoms with Crippen LogP contribution >= 0.6 is 39.1 Å². The molecule has 0 radical (unpaired) electrons. The zero-order chi connectivity index (χ0) is 14.7. The van der Waals surface area contributed by atoms with E-state index in [1.807, 2.05) is 5.43 Å². The maximum Gasteiger partial charge on any atom is 0.300 e. The summed E-state index contributed by atoms with van der Waals surface area (Å²) in [6, 6.07) is 6.33. The van der Waals surface area contributed by atoms with E-state index in [2.05, 4.69) is 15.9 Å². The van der Waals surface area contributed by atoms with E-state index in [-0.39, 0.29) is 12.4 Å². The Bertz CT molecular complexity index is 646. The van der Waals surface area contributed by atoms with Crippen molar-refractivity contribution >= 4 is 45.0 Å². The molecule has 20 heavy (non-hydrogen) atoms. The number of hydrogen-bond donors (Lipinski definition) is 2. The van der Waals surface area contributed by atoms with Crippen LogP contribution < -0.4 is 16.0 Å². The quantitative estimate of drug-likeness (QED) is 0.368. The number of halogens is 3. The lowest BCUT2D eigenvalue weighted by molar-refractivity contribution is 0.0922. The van der Waals surface area contributed by atoms with Gasteiger partial charge in [0.2, 0.25) is 0 Å². The van der Waals surface area contributed by atoms with Crippen LogP contribution in [0.15, 0.2) is 33.2 Å². The topological polar surface area (TPSA) is 77.5 Å². The standard InChI is InChI=1S/C12H9BrCl2N2O3/c13-7-3-9(15)11(4-8(7)14)19-5-6-1-2-10(20-6)12(18)17-16/h1-4H,5,16H2,(H,17,18). The molecule has 1 heterocycles. The Labute approximate surface area is 133 Å². The van der Waals surface area contributed by atoms with Crippen molar-refractivity contribution in [2.45, 2.75) is 6.61 Å².